The van der Waals surface area contributed by atoms with Crippen LogP contribution in [0.3, 0.4) is 0 Å². The van der Waals surface area contributed by atoms with E-state index in [0.29, 0.717) is 18.5 Å². The highest BCUT2D eigenvalue weighted by molar-refractivity contribution is 5.79. The summed E-state index contributed by atoms with van der Waals surface area (Å²) in [6.07, 6.45) is 4.20. The molecule has 1 atom stereocenters. The summed E-state index contributed by atoms with van der Waals surface area (Å²) in [4.78, 5) is 25.6. The number of hydrogen-bond donors (Lipinski definition) is 2. The second-order valence-corrected chi connectivity index (χ2v) is 5.86. The first-order chi connectivity index (χ1) is 9.10. The lowest BCUT2D eigenvalue weighted by atomic mass is 9.96. The van der Waals surface area contributed by atoms with Gasteiger partial charge in [-0.1, -0.05) is 0 Å². The van der Waals surface area contributed by atoms with E-state index in [9.17, 15) is 9.59 Å². The summed E-state index contributed by atoms with van der Waals surface area (Å²) in [6, 6.07) is 0.316. The minimum absolute atomic E-state index is 0.120. The van der Waals surface area contributed by atoms with Crippen molar-refractivity contribution in [3.05, 3.63) is 0 Å². The fourth-order valence-electron chi connectivity index (χ4n) is 2.77. The van der Waals surface area contributed by atoms with E-state index < -0.39 is 0 Å². The van der Waals surface area contributed by atoms with Gasteiger partial charge in [0.05, 0.1) is 6.54 Å². The number of hydrogen-bond acceptors (Lipinski definition) is 3. The Morgan fingerprint density at radius 1 is 1.21 bits per heavy atom. The van der Waals surface area contributed by atoms with Crippen LogP contribution in [0, 0.1) is 11.8 Å². The van der Waals surface area contributed by atoms with E-state index in [1.54, 1.807) is 7.05 Å². The summed E-state index contributed by atoms with van der Waals surface area (Å²) >= 11 is 0. The average molecular weight is 267 g/mol. The first kappa shape index (κ1) is 14.3. The molecule has 0 spiro atoms. The van der Waals surface area contributed by atoms with Crippen molar-refractivity contribution in [2.24, 2.45) is 11.8 Å². The molecule has 1 saturated carbocycles. The van der Waals surface area contributed by atoms with Crippen LogP contribution < -0.4 is 10.6 Å². The highest BCUT2D eigenvalue weighted by atomic mass is 16.2. The lowest BCUT2D eigenvalue weighted by Gasteiger charge is -2.30. The lowest BCUT2D eigenvalue weighted by Crippen LogP contribution is -2.46. The van der Waals surface area contributed by atoms with E-state index >= 15 is 0 Å². The molecule has 1 heterocycles. The molecule has 0 bridgehead atoms. The van der Waals surface area contributed by atoms with Crippen molar-refractivity contribution >= 4 is 11.8 Å². The van der Waals surface area contributed by atoms with Gasteiger partial charge in [-0.05, 0) is 51.6 Å². The molecular weight excluding hydrogens is 242 g/mol. The number of carbonyl (C=O) groups excluding carboxylic acids is 2. The molecule has 1 saturated heterocycles. The molecule has 0 aromatic heterocycles. The van der Waals surface area contributed by atoms with E-state index in [0.717, 1.165) is 25.9 Å². The highest BCUT2D eigenvalue weighted by Gasteiger charge is 2.30. The summed E-state index contributed by atoms with van der Waals surface area (Å²) in [6.45, 7) is 4.23. The van der Waals surface area contributed by atoms with Crippen molar-refractivity contribution in [2.75, 3.05) is 26.7 Å². The van der Waals surface area contributed by atoms with E-state index in [1.807, 2.05) is 0 Å². The molecule has 1 unspecified atom stereocenters. The molecule has 1 aliphatic carbocycles. The standard InChI is InChI=1S/C14H25N3O2/c1-10(11-3-4-11)16-13(18)9-17-7-5-12(6-8-17)14(19)15-2/h10-12H,3-9H2,1-2H3,(H,15,19)(H,16,18). The van der Waals surface area contributed by atoms with Crippen molar-refractivity contribution in [1.82, 2.24) is 15.5 Å². The third kappa shape index (κ3) is 4.20. The number of amides is 2. The Kier molecular flexibility index (Phi) is 4.80. The van der Waals surface area contributed by atoms with Gasteiger partial charge < -0.3 is 10.6 Å². The second kappa shape index (κ2) is 6.37. The van der Waals surface area contributed by atoms with Crippen LogP contribution in [-0.2, 0) is 9.59 Å². The maximum Gasteiger partial charge on any atom is 0.234 e. The molecule has 0 aromatic rings. The summed E-state index contributed by atoms with van der Waals surface area (Å²) in [5.74, 6) is 1.07. The average Bonchev–Trinajstić information content (AvgIpc) is 3.22. The molecule has 2 N–H and O–H groups in total. The van der Waals surface area contributed by atoms with Gasteiger partial charge in [-0.2, -0.15) is 0 Å². The maximum atomic E-state index is 11.9. The number of carbonyl (C=O) groups is 2. The summed E-state index contributed by atoms with van der Waals surface area (Å²) in [5.41, 5.74) is 0. The first-order valence-electron chi connectivity index (χ1n) is 7.33. The molecule has 1 aliphatic heterocycles. The summed E-state index contributed by atoms with van der Waals surface area (Å²) in [7, 11) is 1.68. The quantitative estimate of drug-likeness (QED) is 0.756. The van der Waals surface area contributed by atoms with Crippen LogP contribution in [0.25, 0.3) is 0 Å². The van der Waals surface area contributed by atoms with Gasteiger partial charge in [0.25, 0.3) is 0 Å². The van der Waals surface area contributed by atoms with Gasteiger partial charge in [-0.25, -0.2) is 0 Å². The summed E-state index contributed by atoms with van der Waals surface area (Å²) in [5, 5.41) is 5.77. The topological polar surface area (TPSA) is 61.4 Å². The third-order valence-corrected chi connectivity index (χ3v) is 4.29. The Balaban J connectivity index is 1.67. The van der Waals surface area contributed by atoms with Crippen LogP contribution in [0.2, 0.25) is 0 Å². The Hall–Kier alpha value is -1.10. The summed E-state index contributed by atoms with van der Waals surface area (Å²) < 4.78 is 0. The second-order valence-electron chi connectivity index (χ2n) is 5.86. The van der Waals surface area contributed by atoms with E-state index in [2.05, 4.69) is 22.5 Å². The Morgan fingerprint density at radius 2 is 1.84 bits per heavy atom. The number of piperidine rings is 1. The van der Waals surface area contributed by atoms with Crippen LogP contribution in [0.1, 0.15) is 32.6 Å². The van der Waals surface area contributed by atoms with Crippen LogP contribution >= 0.6 is 0 Å². The number of rotatable bonds is 5. The van der Waals surface area contributed by atoms with Gasteiger partial charge in [-0.3, -0.25) is 14.5 Å². The first-order valence-corrected chi connectivity index (χ1v) is 7.33. The fourth-order valence-corrected chi connectivity index (χ4v) is 2.77. The largest absolute Gasteiger partial charge is 0.359 e. The zero-order valence-corrected chi connectivity index (χ0v) is 11.9. The van der Waals surface area contributed by atoms with Crippen LogP contribution in [-0.4, -0.2) is 49.4 Å². The molecule has 2 aliphatic rings. The molecule has 0 radical (unpaired) electrons. The molecule has 5 nitrogen and oxygen atoms in total. The van der Waals surface area contributed by atoms with Crippen LogP contribution in [0.15, 0.2) is 0 Å². The molecule has 5 heteroatoms. The van der Waals surface area contributed by atoms with Gasteiger partial charge >= 0.3 is 0 Å². The monoisotopic (exact) mass is 267 g/mol. The van der Waals surface area contributed by atoms with Gasteiger partial charge in [-0.15, -0.1) is 0 Å². The molecular formula is C14H25N3O2. The fraction of sp³-hybridized carbons (Fsp3) is 0.857. The molecule has 19 heavy (non-hydrogen) atoms. The van der Waals surface area contributed by atoms with E-state index in [4.69, 9.17) is 0 Å². The normalized spacial score (nSPS) is 22.8. The maximum absolute atomic E-state index is 11.9. The van der Waals surface area contributed by atoms with Crippen molar-refractivity contribution < 1.29 is 9.59 Å². The molecule has 2 fully saturated rings. The van der Waals surface area contributed by atoms with Gasteiger partial charge in [0.1, 0.15) is 0 Å². The van der Waals surface area contributed by atoms with Crippen LogP contribution in [0.5, 0.6) is 0 Å². The molecule has 2 amide bonds. The van der Waals surface area contributed by atoms with Crippen molar-refractivity contribution in [3.63, 3.8) is 0 Å². The van der Waals surface area contributed by atoms with Crippen molar-refractivity contribution in [2.45, 2.75) is 38.6 Å². The predicted molar refractivity (Wildman–Crippen MR) is 73.6 cm³/mol. The number of likely N-dealkylation sites (tertiary alicyclic amines) is 1. The highest BCUT2D eigenvalue weighted by Crippen LogP contribution is 2.32. The minimum atomic E-state index is 0.120. The number of nitrogens with one attached hydrogen (secondary N) is 2. The zero-order valence-electron chi connectivity index (χ0n) is 11.9. The minimum Gasteiger partial charge on any atom is -0.359 e. The van der Waals surface area contributed by atoms with Crippen LogP contribution in [0.4, 0.5) is 0 Å². The predicted octanol–water partition coefficient (Wildman–Crippen LogP) is 0.359. The molecule has 0 aromatic carbocycles. The van der Waals surface area contributed by atoms with Gasteiger partial charge in [0, 0.05) is 19.0 Å². The SMILES string of the molecule is CNC(=O)C1CCN(CC(=O)NC(C)C2CC2)CC1. The molecule has 108 valence electrons. The number of nitrogens with zero attached hydrogens (tertiary/aromatic N) is 1. The van der Waals surface area contributed by atoms with Crippen molar-refractivity contribution in [1.29, 1.82) is 0 Å². The van der Waals surface area contributed by atoms with Crippen molar-refractivity contribution in [3.8, 4) is 0 Å². The van der Waals surface area contributed by atoms with E-state index in [1.165, 1.54) is 12.8 Å². The zero-order chi connectivity index (χ0) is 13.8. The van der Waals surface area contributed by atoms with Gasteiger partial charge in [0.2, 0.25) is 11.8 Å². The smallest absolute Gasteiger partial charge is 0.234 e. The van der Waals surface area contributed by atoms with E-state index in [-0.39, 0.29) is 17.7 Å². The van der Waals surface area contributed by atoms with Gasteiger partial charge in [0.15, 0.2) is 0 Å². The molecule has 2 rings (SSSR count). The lowest BCUT2D eigenvalue weighted by molar-refractivity contribution is -0.126. The Labute approximate surface area is 115 Å². The Morgan fingerprint density at radius 3 is 2.37 bits per heavy atom. The third-order valence-electron chi connectivity index (χ3n) is 4.29. The Bertz CT molecular complexity index is 334.